The maximum absolute atomic E-state index is 12.8. The first kappa shape index (κ1) is 19.7. The molecule has 0 radical (unpaired) electrons. The molecular weight excluding hydrogens is 368 g/mol. The zero-order valence-corrected chi connectivity index (χ0v) is 16.2. The van der Waals surface area contributed by atoms with Gasteiger partial charge in [0.05, 0.1) is 18.2 Å². The summed E-state index contributed by atoms with van der Waals surface area (Å²) < 4.78 is 10.6. The summed E-state index contributed by atoms with van der Waals surface area (Å²) in [6.45, 7) is 2.13. The molecule has 1 aromatic rings. The first-order valence-electron chi connectivity index (χ1n) is 9.27. The van der Waals surface area contributed by atoms with Crippen molar-refractivity contribution in [2.75, 3.05) is 26.8 Å². The second kappa shape index (κ2) is 9.24. The smallest absolute Gasteiger partial charge is 0.328 e. The number of hydrogen-bond acceptors (Lipinski definition) is 5. The lowest BCUT2D eigenvalue weighted by Crippen LogP contribution is -2.50. The van der Waals surface area contributed by atoms with Crippen LogP contribution < -0.4 is 10.1 Å². The number of nitrogens with zero attached hydrogens (tertiary/aromatic N) is 1. The zero-order chi connectivity index (χ0) is 19.2. The summed E-state index contributed by atoms with van der Waals surface area (Å²) in [6.07, 6.45) is 6.94. The molecule has 3 aliphatic rings. The van der Waals surface area contributed by atoms with Crippen molar-refractivity contribution in [1.29, 1.82) is 0 Å². The Hall–Kier alpha value is -2.05. The summed E-state index contributed by atoms with van der Waals surface area (Å²) in [4.78, 5) is 27.2. The molecule has 1 fully saturated rings. The summed E-state index contributed by atoms with van der Waals surface area (Å²) in [5.41, 5.74) is 0.828. The van der Waals surface area contributed by atoms with Gasteiger partial charge in [-0.15, -0.1) is 0 Å². The number of fused-ring (bicyclic) bond motifs is 9. The first-order chi connectivity index (χ1) is 13.1. The topological polar surface area (TPSA) is 67.9 Å². The van der Waals surface area contributed by atoms with Gasteiger partial charge < -0.3 is 14.8 Å². The molecule has 4 rings (SSSR count). The maximum Gasteiger partial charge on any atom is 0.328 e. The molecule has 0 saturated carbocycles. The Morgan fingerprint density at radius 2 is 2.19 bits per heavy atom. The number of halogens is 1. The van der Waals surface area contributed by atoms with Crippen LogP contribution in [0.15, 0.2) is 30.4 Å². The zero-order valence-electron chi connectivity index (χ0n) is 15.4. The highest BCUT2D eigenvalue weighted by atomic mass is 35.5. The third-order valence-electron chi connectivity index (χ3n) is 4.99. The van der Waals surface area contributed by atoms with Gasteiger partial charge in [-0.3, -0.25) is 9.69 Å². The van der Waals surface area contributed by atoms with Gasteiger partial charge in [-0.2, -0.15) is 0 Å². The Balaban J connectivity index is 1.85. The van der Waals surface area contributed by atoms with Crippen molar-refractivity contribution in [3.05, 3.63) is 40.9 Å². The number of hydrogen-bond donors (Lipinski definition) is 1. The van der Waals surface area contributed by atoms with Crippen molar-refractivity contribution in [2.45, 2.75) is 37.8 Å². The molecule has 1 saturated heterocycles. The van der Waals surface area contributed by atoms with E-state index in [1.807, 2.05) is 12.1 Å². The largest absolute Gasteiger partial charge is 0.488 e. The normalized spacial score (nSPS) is 24.1. The van der Waals surface area contributed by atoms with Gasteiger partial charge in [-0.1, -0.05) is 29.8 Å². The molecule has 27 heavy (non-hydrogen) atoms. The molecule has 0 spiro atoms. The van der Waals surface area contributed by atoms with E-state index in [0.717, 1.165) is 37.9 Å². The van der Waals surface area contributed by atoms with Gasteiger partial charge in [0.25, 0.3) is 0 Å². The molecule has 1 amide bonds. The fourth-order valence-electron chi connectivity index (χ4n) is 3.58. The van der Waals surface area contributed by atoms with Crippen LogP contribution in [0.25, 0.3) is 0 Å². The lowest BCUT2D eigenvalue weighted by molar-refractivity contribution is -0.145. The number of nitrogens with one attached hydrogen (secondary N) is 1. The second-order valence-corrected chi connectivity index (χ2v) is 7.23. The Kier molecular flexibility index (Phi) is 6.74. The van der Waals surface area contributed by atoms with E-state index >= 15 is 0 Å². The molecule has 1 unspecified atom stereocenters. The number of rotatable bonds is 1. The minimum absolute atomic E-state index is 0.120. The highest BCUT2D eigenvalue weighted by molar-refractivity contribution is 6.32. The fourth-order valence-corrected chi connectivity index (χ4v) is 3.84. The van der Waals surface area contributed by atoms with Crippen molar-refractivity contribution in [1.82, 2.24) is 10.2 Å². The van der Waals surface area contributed by atoms with Crippen molar-refractivity contribution in [2.24, 2.45) is 0 Å². The monoisotopic (exact) mass is 392 g/mol. The van der Waals surface area contributed by atoms with Crippen LogP contribution in [0.5, 0.6) is 5.75 Å². The molecule has 2 atom stereocenters. The Morgan fingerprint density at radius 3 is 2.96 bits per heavy atom. The fraction of sp³-hybridized carbons (Fsp3) is 0.500. The molecule has 146 valence electrons. The SMILES string of the molecule is COC(=O)[C@@H]1Cc2ccc(c(Cl)c2)OCC=CCCN2CCCC2C(=O)N1. The first-order valence-corrected chi connectivity index (χ1v) is 9.64. The number of carbonyl (C=O) groups is 2. The molecule has 7 heteroatoms. The number of benzene rings is 1. The molecule has 1 aromatic carbocycles. The predicted molar refractivity (Wildman–Crippen MR) is 103 cm³/mol. The Bertz CT molecular complexity index is 722. The summed E-state index contributed by atoms with van der Waals surface area (Å²) in [5, 5.41) is 3.36. The highest BCUT2D eigenvalue weighted by Crippen LogP contribution is 2.26. The Labute approximate surface area is 164 Å². The van der Waals surface area contributed by atoms with Crippen LogP contribution in [0.3, 0.4) is 0 Å². The standard InChI is InChI=1S/C20H25ClN2O4/c1-26-20(25)16-13-14-7-8-18(15(21)12-14)27-11-4-2-3-9-23-10-5-6-17(23)19(24)22-16/h2,4,7-8,12,16-17H,3,5-6,9-11,13H2,1H3,(H,22,24)/t16-,17?/m0/s1. The van der Waals surface area contributed by atoms with Gasteiger partial charge in [0.2, 0.25) is 5.91 Å². The maximum atomic E-state index is 12.8. The summed E-state index contributed by atoms with van der Waals surface area (Å²) in [5.74, 6) is 0.00819. The number of methoxy groups -OCH3 is 1. The van der Waals surface area contributed by atoms with Crippen LogP contribution in [0.2, 0.25) is 5.02 Å². The van der Waals surface area contributed by atoms with Crippen molar-refractivity contribution in [3.8, 4) is 5.75 Å². The van der Waals surface area contributed by atoms with Gasteiger partial charge in [-0.05, 0) is 43.5 Å². The van der Waals surface area contributed by atoms with E-state index in [-0.39, 0.29) is 11.9 Å². The molecule has 2 bridgehead atoms. The van der Waals surface area contributed by atoms with Crippen LogP contribution >= 0.6 is 11.6 Å². The van der Waals surface area contributed by atoms with Crippen LogP contribution in [0, 0.1) is 0 Å². The molecule has 3 heterocycles. The molecule has 0 aromatic heterocycles. The molecule has 0 aliphatic carbocycles. The quantitative estimate of drug-likeness (QED) is 0.587. The second-order valence-electron chi connectivity index (χ2n) is 6.82. The minimum Gasteiger partial charge on any atom is -0.488 e. The van der Waals surface area contributed by atoms with Crippen LogP contribution in [0.4, 0.5) is 0 Å². The number of esters is 1. The van der Waals surface area contributed by atoms with Crippen LogP contribution in [0.1, 0.15) is 24.8 Å². The van der Waals surface area contributed by atoms with Crippen molar-refractivity contribution < 1.29 is 19.1 Å². The van der Waals surface area contributed by atoms with E-state index in [1.54, 1.807) is 12.1 Å². The third kappa shape index (κ3) is 5.02. The molecule has 1 N–H and O–H groups in total. The van der Waals surface area contributed by atoms with E-state index < -0.39 is 12.0 Å². The number of carbonyl (C=O) groups excluding carboxylic acids is 2. The van der Waals surface area contributed by atoms with E-state index in [2.05, 4.69) is 16.3 Å². The van der Waals surface area contributed by atoms with Gasteiger partial charge in [0.1, 0.15) is 18.4 Å². The highest BCUT2D eigenvalue weighted by Gasteiger charge is 2.33. The lowest BCUT2D eigenvalue weighted by Gasteiger charge is -2.25. The van der Waals surface area contributed by atoms with E-state index in [1.165, 1.54) is 7.11 Å². The van der Waals surface area contributed by atoms with Gasteiger partial charge in [-0.25, -0.2) is 4.79 Å². The number of ether oxygens (including phenoxy) is 2. The summed E-state index contributed by atoms with van der Waals surface area (Å²) >= 11 is 6.30. The van der Waals surface area contributed by atoms with Crippen molar-refractivity contribution in [3.63, 3.8) is 0 Å². The average molecular weight is 393 g/mol. The van der Waals surface area contributed by atoms with E-state index in [9.17, 15) is 9.59 Å². The van der Waals surface area contributed by atoms with Crippen LogP contribution in [-0.4, -0.2) is 55.7 Å². The average Bonchev–Trinajstić information content (AvgIpc) is 3.12. The predicted octanol–water partition coefficient (Wildman–Crippen LogP) is 2.34. The minimum atomic E-state index is -0.749. The summed E-state index contributed by atoms with van der Waals surface area (Å²) in [7, 11) is 1.33. The third-order valence-corrected chi connectivity index (χ3v) is 5.28. The number of amides is 1. The van der Waals surface area contributed by atoms with Crippen molar-refractivity contribution >= 4 is 23.5 Å². The molecule has 3 aliphatic heterocycles. The Morgan fingerprint density at radius 1 is 1.33 bits per heavy atom. The summed E-state index contributed by atoms with van der Waals surface area (Å²) in [6, 6.07) is 4.44. The lowest BCUT2D eigenvalue weighted by atomic mass is 10.0. The van der Waals surface area contributed by atoms with Gasteiger partial charge in [0.15, 0.2) is 0 Å². The van der Waals surface area contributed by atoms with E-state index in [4.69, 9.17) is 21.1 Å². The van der Waals surface area contributed by atoms with Gasteiger partial charge in [0, 0.05) is 13.0 Å². The molecule has 6 nitrogen and oxygen atoms in total. The van der Waals surface area contributed by atoms with E-state index in [0.29, 0.717) is 23.8 Å². The van der Waals surface area contributed by atoms with Crippen LogP contribution in [-0.2, 0) is 20.7 Å². The van der Waals surface area contributed by atoms with Gasteiger partial charge >= 0.3 is 5.97 Å². The molecular formula is C20H25ClN2O4.